The van der Waals surface area contributed by atoms with Crippen LogP contribution in [0, 0.1) is 16.7 Å². The number of likely N-dealkylation sites (tertiary alicyclic amines) is 1. The van der Waals surface area contributed by atoms with E-state index >= 15 is 0 Å². The van der Waals surface area contributed by atoms with E-state index in [-0.39, 0.29) is 17.2 Å². The molecule has 0 bridgehead atoms. The molecule has 3 rings (SSSR count). The van der Waals surface area contributed by atoms with Crippen molar-refractivity contribution in [3.8, 4) is 11.5 Å². The highest BCUT2D eigenvalue weighted by atomic mass is 16.5. The smallest absolute Gasteiger partial charge is 0.240 e. The molecule has 2 fully saturated rings. The molecule has 1 saturated heterocycles. The Morgan fingerprint density at radius 2 is 2.00 bits per heavy atom. The minimum absolute atomic E-state index is 0.0252. The molecule has 1 amide bonds. The maximum absolute atomic E-state index is 13.1. The third kappa shape index (κ3) is 4.59. The number of nitrogens with zero attached hydrogens (tertiary/aromatic N) is 1. The standard InChI is InChI=1S/C24H38N2O4/c1-15(27)24(5)14-26(22(28)21(25)23(2,3)4)12-18(24)17-9-10-19(29-6)20(11-17)30-13-16-7-8-16/h9-11,15-16,18,21,27H,7-8,12-14,25H2,1-6H3. The van der Waals surface area contributed by atoms with Crippen molar-refractivity contribution in [2.75, 3.05) is 26.8 Å². The number of aliphatic hydroxyl groups excluding tert-OH is 1. The summed E-state index contributed by atoms with van der Waals surface area (Å²) in [6.07, 6.45) is 1.86. The van der Waals surface area contributed by atoms with Gasteiger partial charge < -0.3 is 25.2 Å². The van der Waals surface area contributed by atoms with Gasteiger partial charge in [-0.05, 0) is 48.8 Å². The molecule has 2 aliphatic rings. The van der Waals surface area contributed by atoms with E-state index < -0.39 is 17.6 Å². The van der Waals surface area contributed by atoms with Crippen molar-refractivity contribution < 1.29 is 19.4 Å². The van der Waals surface area contributed by atoms with Crippen LogP contribution in [0.4, 0.5) is 0 Å². The average Bonchev–Trinajstić information content (AvgIpc) is 3.45. The Hall–Kier alpha value is -1.79. The quantitative estimate of drug-likeness (QED) is 0.710. The maximum Gasteiger partial charge on any atom is 0.240 e. The van der Waals surface area contributed by atoms with Crippen LogP contribution in [0.25, 0.3) is 0 Å². The van der Waals surface area contributed by atoms with Gasteiger partial charge in [-0.25, -0.2) is 0 Å². The van der Waals surface area contributed by atoms with Gasteiger partial charge in [0.1, 0.15) is 0 Å². The van der Waals surface area contributed by atoms with Crippen LogP contribution in [-0.2, 0) is 4.79 Å². The minimum Gasteiger partial charge on any atom is -0.493 e. The number of hydrogen-bond acceptors (Lipinski definition) is 5. The number of aliphatic hydroxyl groups is 1. The van der Waals surface area contributed by atoms with Crippen molar-refractivity contribution >= 4 is 5.91 Å². The number of rotatable bonds is 7. The summed E-state index contributed by atoms with van der Waals surface area (Å²) in [5, 5.41) is 10.7. The Morgan fingerprint density at radius 3 is 2.53 bits per heavy atom. The van der Waals surface area contributed by atoms with Gasteiger partial charge in [0.2, 0.25) is 5.91 Å². The fraction of sp³-hybridized carbons (Fsp3) is 0.708. The van der Waals surface area contributed by atoms with Crippen molar-refractivity contribution in [2.24, 2.45) is 22.5 Å². The van der Waals surface area contributed by atoms with E-state index in [2.05, 4.69) is 0 Å². The molecule has 0 aromatic heterocycles. The lowest BCUT2D eigenvalue weighted by atomic mass is 9.72. The number of carbonyl (C=O) groups excluding carboxylic acids is 1. The SMILES string of the molecule is COc1ccc(C2CN(C(=O)C(N)C(C)(C)C)CC2(C)C(C)O)cc1OCC1CC1. The van der Waals surface area contributed by atoms with Crippen molar-refractivity contribution in [3.63, 3.8) is 0 Å². The summed E-state index contributed by atoms with van der Waals surface area (Å²) in [6, 6.07) is 5.38. The molecule has 168 valence electrons. The zero-order chi connectivity index (χ0) is 22.3. The molecule has 0 spiro atoms. The summed E-state index contributed by atoms with van der Waals surface area (Å²) in [7, 11) is 1.64. The van der Waals surface area contributed by atoms with E-state index in [1.165, 1.54) is 12.8 Å². The lowest BCUT2D eigenvalue weighted by Gasteiger charge is -2.34. The summed E-state index contributed by atoms with van der Waals surface area (Å²) < 4.78 is 11.5. The van der Waals surface area contributed by atoms with Crippen molar-refractivity contribution in [3.05, 3.63) is 23.8 Å². The molecular weight excluding hydrogens is 380 g/mol. The molecule has 6 nitrogen and oxygen atoms in total. The molecule has 0 radical (unpaired) electrons. The highest BCUT2D eigenvalue weighted by Crippen LogP contribution is 2.47. The van der Waals surface area contributed by atoms with Crippen molar-refractivity contribution in [1.82, 2.24) is 4.90 Å². The van der Waals surface area contributed by atoms with Crippen LogP contribution < -0.4 is 15.2 Å². The van der Waals surface area contributed by atoms with Crippen molar-refractivity contribution in [2.45, 2.75) is 65.5 Å². The Morgan fingerprint density at radius 1 is 1.33 bits per heavy atom. The summed E-state index contributed by atoms with van der Waals surface area (Å²) in [5.74, 6) is 1.99. The van der Waals surface area contributed by atoms with Gasteiger partial charge in [0, 0.05) is 24.4 Å². The Labute approximate surface area is 180 Å². The Balaban J connectivity index is 1.88. The molecule has 4 atom stereocenters. The highest BCUT2D eigenvalue weighted by Gasteiger charge is 2.49. The molecule has 1 aliphatic carbocycles. The molecule has 30 heavy (non-hydrogen) atoms. The monoisotopic (exact) mass is 418 g/mol. The van der Waals surface area contributed by atoms with Gasteiger partial charge in [-0.3, -0.25) is 4.79 Å². The third-order valence-electron chi connectivity index (χ3n) is 6.96. The maximum atomic E-state index is 13.1. The van der Waals surface area contributed by atoms with E-state index in [9.17, 15) is 9.90 Å². The predicted molar refractivity (Wildman–Crippen MR) is 118 cm³/mol. The van der Waals surface area contributed by atoms with Crippen LogP contribution in [0.15, 0.2) is 18.2 Å². The van der Waals surface area contributed by atoms with Crippen LogP contribution in [0.3, 0.4) is 0 Å². The van der Waals surface area contributed by atoms with E-state index in [0.717, 1.165) is 11.3 Å². The number of methoxy groups -OCH3 is 1. The van der Waals surface area contributed by atoms with Crippen molar-refractivity contribution in [1.29, 1.82) is 0 Å². The van der Waals surface area contributed by atoms with Gasteiger partial charge in [-0.1, -0.05) is 33.8 Å². The van der Waals surface area contributed by atoms with Crippen LogP contribution in [0.2, 0.25) is 0 Å². The summed E-state index contributed by atoms with van der Waals surface area (Å²) in [4.78, 5) is 14.9. The molecule has 3 N–H and O–H groups in total. The lowest BCUT2D eigenvalue weighted by molar-refractivity contribution is -0.134. The summed E-state index contributed by atoms with van der Waals surface area (Å²) in [6.45, 7) is 11.5. The molecule has 1 aromatic carbocycles. The fourth-order valence-electron chi connectivity index (χ4n) is 4.17. The van der Waals surface area contributed by atoms with Gasteiger partial charge in [-0.15, -0.1) is 0 Å². The first-order valence-electron chi connectivity index (χ1n) is 11.0. The number of amides is 1. The molecule has 1 heterocycles. The zero-order valence-corrected chi connectivity index (χ0v) is 19.3. The van der Waals surface area contributed by atoms with Gasteiger partial charge in [-0.2, -0.15) is 0 Å². The third-order valence-corrected chi connectivity index (χ3v) is 6.96. The second kappa shape index (κ2) is 8.39. The molecule has 1 aromatic rings. The Bertz CT molecular complexity index is 769. The second-order valence-corrected chi connectivity index (χ2v) is 10.5. The number of benzene rings is 1. The normalized spacial score (nSPS) is 26.4. The first kappa shape index (κ1) is 22.9. The van der Waals surface area contributed by atoms with Crippen LogP contribution in [-0.4, -0.2) is 54.9 Å². The first-order valence-corrected chi connectivity index (χ1v) is 11.0. The predicted octanol–water partition coefficient (Wildman–Crippen LogP) is 3.17. The number of carbonyl (C=O) groups is 1. The lowest BCUT2D eigenvalue weighted by Crippen LogP contribution is -2.50. The molecule has 6 heteroatoms. The van der Waals surface area contributed by atoms with E-state index in [4.69, 9.17) is 15.2 Å². The topological polar surface area (TPSA) is 85.0 Å². The van der Waals surface area contributed by atoms with E-state index in [1.54, 1.807) is 14.0 Å². The summed E-state index contributed by atoms with van der Waals surface area (Å²) >= 11 is 0. The molecule has 1 saturated carbocycles. The van der Waals surface area contributed by atoms with Gasteiger partial charge in [0.15, 0.2) is 11.5 Å². The number of hydrogen-bond donors (Lipinski definition) is 2. The Kier molecular flexibility index (Phi) is 6.40. The molecule has 4 unspecified atom stereocenters. The first-order chi connectivity index (χ1) is 14.0. The number of nitrogens with two attached hydrogens (primary N) is 1. The van der Waals surface area contributed by atoms with Crippen LogP contribution in [0.1, 0.15) is 58.9 Å². The van der Waals surface area contributed by atoms with Gasteiger partial charge >= 0.3 is 0 Å². The summed E-state index contributed by atoms with van der Waals surface area (Å²) in [5.41, 5.74) is 6.52. The fourth-order valence-corrected chi connectivity index (χ4v) is 4.17. The van der Waals surface area contributed by atoms with Gasteiger partial charge in [0.25, 0.3) is 0 Å². The average molecular weight is 419 g/mol. The largest absolute Gasteiger partial charge is 0.493 e. The van der Waals surface area contributed by atoms with Crippen LogP contribution >= 0.6 is 0 Å². The minimum atomic E-state index is -0.581. The highest BCUT2D eigenvalue weighted by molar-refractivity contribution is 5.83. The van der Waals surface area contributed by atoms with E-state index in [1.807, 2.05) is 50.8 Å². The molecule has 1 aliphatic heterocycles. The van der Waals surface area contributed by atoms with Gasteiger partial charge in [0.05, 0.1) is 25.9 Å². The zero-order valence-electron chi connectivity index (χ0n) is 19.3. The molecular formula is C24H38N2O4. The van der Waals surface area contributed by atoms with E-state index in [0.29, 0.717) is 31.4 Å². The number of ether oxygens (including phenoxy) is 2. The second-order valence-electron chi connectivity index (χ2n) is 10.5. The van der Waals surface area contributed by atoms with Crippen LogP contribution in [0.5, 0.6) is 11.5 Å².